The van der Waals surface area contributed by atoms with Crippen molar-refractivity contribution in [3.05, 3.63) is 92.8 Å². The minimum absolute atomic E-state index is 0.0671. The van der Waals surface area contributed by atoms with Crippen LogP contribution in [0.1, 0.15) is 24.5 Å². The van der Waals surface area contributed by atoms with Crippen LogP contribution in [0.15, 0.2) is 76.6 Å². The summed E-state index contributed by atoms with van der Waals surface area (Å²) in [6.45, 7) is 2.95. The highest BCUT2D eigenvalue weighted by atomic mass is 35.5. The molecular weight excluding hydrogens is 503 g/mol. The number of nitrogens with zero attached hydrogens (tertiary/aromatic N) is 2. The third-order valence-corrected chi connectivity index (χ3v) is 6.84. The molecule has 3 aromatic rings. The fourth-order valence-corrected chi connectivity index (χ4v) is 4.79. The quantitative estimate of drug-likeness (QED) is 0.283. The van der Waals surface area contributed by atoms with Crippen molar-refractivity contribution in [1.29, 1.82) is 0 Å². The summed E-state index contributed by atoms with van der Waals surface area (Å²) in [6.07, 6.45) is 2.67. The van der Waals surface area contributed by atoms with Crippen LogP contribution in [-0.2, 0) is 11.4 Å². The summed E-state index contributed by atoms with van der Waals surface area (Å²) in [7, 11) is 1.59. The number of aliphatic imine (C=N–C) groups is 1. The zero-order valence-corrected chi connectivity index (χ0v) is 21.7. The number of ether oxygens (including phenoxy) is 2. The third kappa shape index (κ3) is 6.20. The molecule has 1 aliphatic rings. The molecule has 1 fully saturated rings. The summed E-state index contributed by atoms with van der Waals surface area (Å²) < 4.78 is 11.5. The van der Waals surface area contributed by atoms with E-state index >= 15 is 0 Å². The fourth-order valence-electron chi connectivity index (χ4n) is 3.45. The van der Waals surface area contributed by atoms with Gasteiger partial charge in [0.05, 0.1) is 17.7 Å². The van der Waals surface area contributed by atoms with Gasteiger partial charge in [0.25, 0.3) is 5.91 Å². The summed E-state index contributed by atoms with van der Waals surface area (Å²) in [5.41, 5.74) is 2.46. The van der Waals surface area contributed by atoms with Gasteiger partial charge in [-0.15, -0.1) is 0 Å². The van der Waals surface area contributed by atoms with E-state index in [2.05, 4.69) is 4.99 Å². The van der Waals surface area contributed by atoms with Gasteiger partial charge in [-0.25, -0.2) is 4.99 Å². The highest BCUT2D eigenvalue weighted by Gasteiger charge is 2.32. The number of amides is 1. The number of benzene rings is 3. The largest absolute Gasteiger partial charge is 0.493 e. The Morgan fingerprint density at radius 2 is 1.80 bits per heavy atom. The number of carbonyl (C=O) groups is 1. The number of amidine groups is 1. The number of methoxy groups -OCH3 is 1. The van der Waals surface area contributed by atoms with Crippen LogP contribution in [0.2, 0.25) is 10.0 Å². The molecule has 3 aromatic carbocycles. The van der Waals surface area contributed by atoms with Gasteiger partial charge in [0, 0.05) is 22.2 Å². The van der Waals surface area contributed by atoms with Gasteiger partial charge in [-0.1, -0.05) is 54.4 Å². The second kappa shape index (κ2) is 11.7. The molecule has 0 spiro atoms. The molecule has 0 saturated carbocycles. The highest BCUT2D eigenvalue weighted by molar-refractivity contribution is 8.18. The average Bonchev–Trinajstić information content (AvgIpc) is 3.14. The predicted octanol–water partition coefficient (Wildman–Crippen LogP) is 7.60. The summed E-state index contributed by atoms with van der Waals surface area (Å²) in [5, 5.41) is 1.94. The molecule has 0 radical (unpaired) electrons. The molecule has 1 saturated heterocycles. The van der Waals surface area contributed by atoms with Crippen molar-refractivity contribution in [2.24, 2.45) is 4.99 Å². The monoisotopic (exact) mass is 526 g/mol. The first-order valence-electron chi connectivity index (χ1n) is 11.1. The number of hydrogen-bond donors (Lipinski definition) is 0. The smallest absolute Gasteiger partial charge is 0.266 e. The van der Waals surface area contributed by atoms with Crippen LogP contribution in [0.4, 0.5) is 5.69 Å². The Hall–Kier alpha value is -2.93. The Bertz CT molecular complexity index is 1280. The van der Waals surface area contributed by atoms with E-state index in [1.54, 1.807) is 24.1 Å². The first kappa shape index (κ1) is 25.2. The van der Waals surface area contributed by atoms with E-state index in [0.29, 0.717) is 44.8 Å². The zero-order chi connectivity index (χ0) is 24.8. The molecule has 1 heterocycles. The van der Waals surface area contributed by atoms with E-state index in [1.165, 1.54) is 11.8 Å². The maximum absolute atomic E-state index is 13.1. The van der Waals surface area contributed by atoms with Crippen LogP contribution in [0, 0.1) is 0 Å². The molecular formula is C27H24Cl2N2O3S. The van der Waals surface area contributed by atoms with E-state index in [1.807, 2.05) is 67.6 Å². The lowest BCUT2D eigenvalue weighted by molar-refractivity contribution is -0.122. The van der Waals surface area contributed by atoms with Gasteiger partial charge in [0.1, 0.15) is 6.61 Å². The van der Waals surface area contributed by atoms with Crippen molar-refractivity contribution in [2.75, 3.05) is 13.7 Å². The first-order valence-corrected chi connectivity index (χ1v) is 12.7. The Morgan fingerprint density at radius 1 is 1.03 bits per heavy atom. The number of carbonyl (C=O) groups excluding carboxylic acids is 1. The summed E-state index contributed by atoms with van der Waals surface area (Å²) in [5.74, 6) is 1.10. The summed E-state index contributed by atoms with van der Waals surface area (Å²) in [6, 6.07) is 20.3. The molecule has 0 unspecified atom stereocenters. The number of rotatable bonds is 8. The van der Waals surface area contributed by atoms with Gasteiger partial charge in [-0.05, 0) is 72.3 Å². The van der Waals surface area contributed by atoms with Crippen molar-refractivity contribution in [2.45, 2.75) is 20.0 Å². The van der Waals surface area contributed by atoms with E-state index in [9.17, 15) is 4.79 Å². The van der Waals surface area contributed by atoms with Crippen LogP contribution in [-0.4, -0.2) is 29.6 Å². The molecule has 0 aromatic heterocycles. The van der Waals surface area contributed by atoms with Crippen molar-refractivity contribution < 1.29 is 14.3 Å². The molecule has 0 bridgehead atoms. The lowest BCUT2D eigenvalue weighted by atomic mass is 10.1. The molecule has 0 N–H and O–H groups in total. The topological polar surface area (TPSA) is 51.1 Å². The standard InChI is InChI=1S/C27H24Cl2N2O3S/c1-3-14-31-26(32)25(35-27(31)30-21-11-9-20(28)10-12-21)16-18-8-13-23(24(15-18)33-2)34-17-19-6-4-5-7-22(19)29/h4-13,15-16H,3,14,17H2,1-2H3/b25-16-,30-27?. The minimum Gasteiger partial charge on any atom is -0.493 e. The zero-order valence-electron chi connectivity index (χ0n) is 19.3. The Balaban J connectivity index is 1.56. The first-order chi connectivity index (χ1) is 17.0. The lowest BCUT2D eigenvalue weighted by Crippen LogP contribution is -2.29. The van der Waals surface area contributed by atoms with Gasteiger partial charge in [0.15, 0.2) is 16.7 Å². The molecule has 1 aliphatic heterocycles. The lowest BCUT2D eigenvalue weighted by Gasteiger charge is -2.14. The molecule has 4 rings (SSSR count). The summed E-state index contributed by atoms with van der Waals surface area (Å²) in [4.78, 5) is 20.1. The third-order valence-electron chi connectivity index (χ3n) is 5.21. The van der Waals surface area contributed by atoms with Crippen molar-refractivity contribution in [3.8, 4) is 11.5 Å². The molecule has 5 nitrogen and oxygen atoms in total. The highest BCUT2D eigenvalue weighted by Crippen LogP contribution is 2.36. The van der Waals surface area contributed by atoms with E-state index in [-0.39, 0.29) is 5.91 Å². The van der Waals surface area contributed by atoms with Crippen LogP contribution in [0.5, 0.6) is 11.5 Å². The van der Waals surface area contributed by atoms with Gasteiger partial charge in [-0.2, -0.15) is 0 Å². The van der Waals surface area contributed by atoms with Crippen LogP contribution in [0.3, 0.4) is 0 Å². The Morgan fingerprint density at radius 3 is 2.51 bits per heavy atom. The maximum atomic E-state index is 13.1. The van der Waals surface area contributed by atoms with Crippen LogP contribution < -0.4 is 9.47 Å². The Kier molecular flexibility index (Phi) is 8.39. The molecule has 0 atom stereocenters. The van der Waals surface area contributed by atoms with Gasteiger partial charge in [0.2, 0.25) is 0 Å². The molecule has 180 valence electrons. The van der Waals surface area contributed by atoms with Crippen molar-refractivity contribution >= 4 is 57.8 Å². The second-order valence-corrected chi connectivity index (χ2v) is 9.58. The maximum Gasteiger partial charge on any atom is 0.266 e. The Labute approximate surface area is 219 Å². The van der Waals surface area contributed by atoms with Gasteiger partial charge < -0.3 is 9.47 Å². The average molecular weight is 527 g/mol. The van der Waals surface area contributed by atoms with E-state index in [4.69, 9.17) is 32.7 Å². The van der Waals surface area contributed by atoms with Crippen LogP contribution >= 0.6 is 35.0 Å². The molecule has 35 heavy (non-hydrogen) atoms. The number of halogens is 2. The number of thioether (sulfide) groups is 1. The van der Waals surface area contributed by atoms with Crippen molar-refractivity contribution in [1.82, 2.24) is 4.90 Å². The normalized spacial score (nSPS) is 15.8. The van der Waals surface area contributed by atoms with Crippen molar-refractivity contribution in [3.63, 3.8) is 0 Å². The van der Waals surface area contributed by atoms with Gasteiger partial charge in [-0.3, -0.25) is 9.69 Å². The minimum atomic E-state index is -0.0671. The second-order valence-electron chi connectivity index (χ2n) is 7.73. The number of hydrogen-bond acceptors (Lipinski definition) is 5. The predicted molar refractivity (Wildman–Crippen MR) is 145 cm³/mol. The van der Waals surface area contributed by atoms with Gasteiger partial charge >= 0.3 is 0 Å². The SMILES string of the molecule is CCCN1C(=O)/C(=C/c2ccc(OCc3ccccc3Cl)c(OC)c2)SC1=Nc1ccc(Cl)cc1. The summed E-state index contributed by atoms with van der Waals surface area (Å²) >= 11 is 13.6. The van der Waals surface area contributed by atoms with E-state index < -0.39 is 0 Å². The van der Waals surface area contributed by atoms with E-state index in [0.717, 1.165) is 23.2 Å². The molecule has 1 amide bonds. The molecule has 0 aliphatic carbocycles. The fraction of sp³-hybridized carbons (Fsp3) is 0.185. The molecule has 8 heteroatoms. The van der Waals surface area contributed by atoms with Crippen LogP contribution in [0.25, 0.3) is 6.08 Å².